The Morgan fingerprint density at radius 2 is 1.70 bits per heavy atom. The normalized spacial score (nSPS) is 12.6. The van der Waals surface area contributed by atoms with Crippen LogP contribution in [0, 0.1) is 11.6 Å². The van der Waals surface area contributed by atoms with Crippen LogP contribution < -0.4 is 0 Å². The molecular formula is C23H18F5N5O2S2. The van der Waals surface area contributed by atoms with Gasteiger partial charge in [0.25, 0.3) is 5.16 Å². The van der Waals surface area contributed by atoms with Gasteiger partial charge in [0.05, 0.1) is 28.8 Å². The van der Waals surface area contributed by atoms with Crippen molar-refractivity contribution in [3.63, 3.8) is 0 Å². The molecule has 0 saturated heterocycles. The lowest BCUT2D eigenvalue weighted by atomic mass is 10.1. The van der Waals surface area contributed by atoms with E-state index in [0.717, 1.165) is 64.7 Å². The minimum absolute atomic E-state index is 0.0558. The van der Waals surface area contributed by atoms with E-state index < -0.39 is 49.7 Å². The number of hydrogen-bond acceptors (Lipinski definition) is 7. The van der Waals surface area contributed by atoms with Crippen LogP contribution in [0.3, 0.4) is 0 Å². The van der Waals surface area contributed by atoms with Gasteiger partial charge in [-0.25, -0.2) is 22.2 Å². The number of aromatic nitrogens is 4. The molecule has 0 amide bonds. The number of nitrogens with zero attached hydrogens (tertiary/aromatic N) is 5. The van der Waals surface area contributed by atoms with Crippen LogP contribution >= 0.6 is 11.3 Å². The number of sulfone groups is 1. The molecule has 0 fully saturated rings. The number of hydrogen-bond donors (Lipinski definition) is 0. The van der Waals surface area contributed by atoms with Crippen molar-refractivity contribution in [1.82, 2.24) is 19.9 Å². The number of benzene rings is 2. The number of alkyl halides is 3. The third-order valence-electron chi connectivity index (χ3n) is 5.13. The second-order valence-electron chi connectivity index (χ2n) is 8.18. The van der Waals surface area contributed by atoms with Crippen molar-refractivity contribution in [3.8, 4) is 10.8 Å². The summed E-state index contributed by atoms with van der Waals surface area (Å²) >= 11 is 1.15. The minimum atomic E-state index is -4.58. The molecule has 2 heterocycles. The molecule has 0 bridgehead atoms. The van der Waals surface area contributed by atoms with Gasteiger partial charge < -0.3 is 0 Å². The van der Waals surface area contributed by atoms with E-state index in [9.17, 15) is 30.4 Å². The standard InChI is InChI=1S/C23H18F5N5O2S2/c1-13(2)19-11-36-21(30-19)20-31-32-22(33(20)29-10-16-17(24)4-3-5-18(16)25)37(34,35)12-14-6-8-15(9-7-14)23(26,27)28/h3-11,13H,12H2,1-2H3/b29-10+. The third kappa shape index (κ3) is 5.74. The van der Waals surface area contributed by atoms with Crippen molar-refractivity contribution in [2.24, 2.45) is 5.10 Å². The van der Waals surface area contributed by atoms with Crippen molar-refractivity contribution in [1.29, 1.82) is 0 Å². The van der Waals surface area contributed by atoms with Gasteiger partial charge in [-0.1, -0.05) is 32.0 Å². The summed E-state index contributed by atoms with van der Waals surface area (Å²) in [5.74, 6) is -2.61. The highest BCUT2D eigenvalue weighted by Crippen LogP contribution is 2.31. The van der Waals surface area contributed by atoms with E-state index in [0.29, 0.717) is 5.69 Å². The third-order valence-corrected chi connectivity index (χ3v) is 7.52. The molecule has 0 N–H and O–H groups in total. The summed E-state index contributed by atoms with van der Waals surface area (Å²) in [7, 11) is -4.33. The average Bonchev–Trinajstić information content (AvgIpc) is 3.46. The largest absolute Gasteiger partial charge is 0.416 e. The van der Waals surface area contributed by atoms with Gasteiger partial charge in [0.1, 0.15) is 11.6 Å². The zero-order chi connectivity index (χ0) is 27.0. The summed E-state index contributed by atoms with van der Waals surface area (Å²) in [6, 6.07) is 6.79. The van der Waals surface area contributed by atoms with Crippen LogP contribution in [0.2, 0.25) is 0 Å². The molecule has 0 spiro atoms. The van der Waals surface area contributed by atoms with Crippen LogP contribution in [0.4, 0.5) is 22.0 Å². The zero-order valence-electron chi connectivity index (χ0n) is 19.2. The summed E-state index contributed by atoms with van der Waals surface area (Å²) in [4.78, 5) is 4.41. The fourth-order valence-electron chi connectivity index (χ4n) is 3.17. The highest BCUT2D eigenvalue weighted by atomic mass is 32.2. The second-order valence-corrected chi connectivity index (χ2v) is 10.9. The summed E-state index contributed by atoms with van der Waals surface area (Å²) in [6.07, 6.45) is -3.78. The van der Waals surface area contributed by atoms with Crippen LogP contribution in [0.1, 0.15) is 42.1 Å². The fraction of sp³-hybridized carbons (Fsp3) is 0.217. The maximum absolute atomic E-state index is 14.2. The van der Waals surface area contributed by atoms with Crippen LogP contribution in [-0.4, -0.2) is 34.5 Å². The summed E-state index contributed by atoms with van der Waals surface area (Å²) in [6.45, 7) is 3.81. The quantitative estimate of drug-likeness (QED) is 0.216. The maximum Gasteiger partial charge on any atom is 0.416 e. The van der Waals surface area contributed by atoms with Gasteiger partial charge in [0, 0.05) is 5.38 Å². The predicted octanol–water partition coefficient (Wildman–Crippen LogP) is 5.68. The highest BCUT2D eigenvalue weighted by Gasteiger charge is 2.31. The molecule has 0 radical (unpaired) electrons. The molecule has 7 nitrogen and oxygen atoms in total. The van der Waals surface area contributed by atoms with E-state index in [4.69, 9.17) is 0 Å². The minimum Gasteiger partial charge on any atom is -0.237 e. The Bertz CT molecular complexity index is 1540. The Kier molecular flexibility index (Phi) is 7.24. The monoisotopic (exact) mass is 555 g/mol. The van der Waals surface area contributed by atoms with E-state index in [1.165, 1.54) is 0 Å². The predicted molar refractivity (Wildman–Crippen MR) is 127 cm³/mol. The molecule has 37 heavy (non-hydrogen) atoms. The molecule has 14 heteroatoms. The average molecular weight is 556 g/mol. The first-order valence-corrected chi connectivity index (χ1v) is 13.2. The molecule has 2 aromatic heterocycles. The van der Waals surface area contributed by atoms with Crippen molar-refractivity contribution in [2.45, 2.75) is 36.9 Å². The van der Waals surface area contributed by atoms with E-state index >= 15 is 0 Å². The molecular weight excluding hydrogens is 537 g/mol. The lowest BCUT2D eigenvalue weighted by molar-refractivity contribution is -0.137. The Morgan fingerprint density at radius 1 is 1.05 bits per heavy atom. The number of rotatable bonds is 7. The molecule has 0 aliphatic carbocycles. The van der Waals surface area contributed by atoms with Gasteiger partial charge in [0.15, 0.2) is 5.01 Å². The van der Waals surface area contributed by atoms with Gasteiger partial charge in [0.2, 0.25) is 15.7 Å². The van der Waals surface area contributed by atoms with E-state index in [1.807, 2.05) is 13.8 Å². The van der Waals surface area contributed by atoms with Crippen LogP contribution in [-0.2, 0) is 21.8 Å². The van der Waals surface area contributed by atoms with Crippen molar-refractivity contribution < 1.29 is 30.4 Å². The molecule has 194 valence electrons. The van der Waals surface area contributed by atoms with Gasteiger partial charge >= 0.3 is 6.18 Å². The molecule has 0 saturated carbocycles. The Balaban J connectivity index is 1.78. The fourth-order valence-corrected chi connectivity index (χ4v) is 5.45. The molecule has 0 unspecified atom stereocenters. The van der Waals surface area contributed by atoms with E-state index in [2.05, 4.69) is 20.3 Å². The summed E-state index contributed by atoms with van der Waals surface area (Å²) in [5, 5.41) is 12.9. The first-order chi connectivity index (χ1) is 17.4. The molecule has 4 rings (SSSR count). The zero-order valence-corrected chi connectivity index (χ0v) is 20.9. The van der Waals surface area contributed by atoms with Crippen LogP contribution in [0.5, 0.6) is 0 Å². The molecule has 0 aliphatic heterocycles. The lowest BCUT2D eigenvalue weighted by Gasteiger charge is -2.08. The van der Waals surface area contributed by atoms with Gasteiger partial charge in [-0.2, -0.15) is 22.9 Å². The SMILES string of the molecule is CC(C)c1csc(-c2nnc(S(=O)(=O)Cc3ccc(C(F)(F)F)cc3)n2/N=C/c2c(F)cccc2F)n1. The first kappa shape index (κ1) is 26.5. The van der Waals surface area contributed by atoms with Crippen LogP contribution in [0.25, 0.3) is 10.8 Å². The van der Waals surface area contributed by atoms with Crippen molar-refractivity contribution >= 4 is 27.4 Å². The van der Waals surface area contributed by atoms with Crippen molar-refractivity contribution in [2.75, 3.05) is 0 Å². The highest BCUT2D eigenvalue weighted by molar-refractivity contribution is 7.90. The van der Waals surface area contributed by atoms with E-state index in [1.54, 1.807) is 5.38 Å². The smallest absolute Gasteiger partial charge is 0.237 e. The maximum atomic E-state index is 14.2. The first-order valence-electron chi connectivity index (χ1n) is 10.7. The van der Waals surface area contributed by atoms with E-state index in [-0.39, 0.29) is 22.3 Å². The number of thiazole rings is 1. The number of halogens is 5. The summed E-state index contributed by atoms with van der Waals surface area (Å²) in [5.41, 5.74) is -0.687. The van der Waals surface area contributed by atoms with Crippen LogP contribution in [0.15, 0.2) is 58.1 Å². The van der Waals surface area contributed by atoms with Gasteiger partial charge in [-0.3, -0.25) is 0 Å². The second kappa shape index (κ2) is 10.1. The molecule has 0 atom stereocenters. The topological polar surface area (TPSA) is 90.1 Å². The molecule has 2 aromatic carbocycles. The van der Waals surface area contributed by atoms with Gasteiger partial charge in [-0.05, 0) is 35.7 Å². The lowest BCUT2D eigenvalue weighted by Crippen LogP contribution is -2.12. The Morgan fingerprint density at radius 3 is 2.27 bits per heavy atom. The molecule has 4 aromatic rings. The van der Waals surface area contributed by atoms with Crippen molar-refractivity contribution in [3.05, 3.63) is 81.9 Å². The molecule has 0 aliphatic rings. The summed E-state index contributed by atoms with van der Waals surface area (Å²) < 4.78 is 94.1. The van der Waals surface area contributed by atoms with Gasteiger partial charge in [-0.15, -0.1) is 21.5 Å². The Hall–Kier alpha value is -3.52. The Labute approximate surface area is 212 Å².